The monoisotopic (exact) mass is 427 g/mol. The van der Waals surface area contributed by atoms with E-state index in [9.17, 15) is 13.7 Å². The van der Waals surface area contributed by atoms with Gasteiger partial charge in [-0.05, 0) is 19.1 Å². The zero-order chi connectivity index (χ0) is 20.8. The van der Waals surface area contributed by atoms with Gasteiger partial charge < -0.3 is 19.2 Å². The van der Waals surface area contributed by atoms with Gasteiger partial charge in [-0.25, -0.2) is 0 Å². The third-order valence-corrected chi connectivity index (χ3v) is 5.03. The molecule has 0 amide bonds. The molecule has 0 radical (unpaired) electrons. The Morgan fingerprint density at radius 3 is 2.00 bits per heavy atom. The first-order chi connectivity index (χ1) is 12.7. The second-order valence-corrected chi connectivity index (χ2v) is 8.44. The van der Waals surface area contributed by atoms with Crippen molar-refractivity contribution in [2.75, 3.05) is 59.9 Å². The van der Waals surface area contributed by atoms with Crippen LogP contribution in [0.2, 0.25) is 0 Å². The van der Waals surface area contributed by atoms with Crippen molar-refractivity contribution in [3.8, 4) is 0 Å². The van der Waals surface area contributed by atoms with E-state index in [2.05, 4.69) is 9.37 Å². The van der Waals surface area contributed by atoms with Crippen LogP contribution in [-0.2, 0) is 29.0 Å². The molecular weight excluding hydrogens is 398 g/mol. The number of benzene rings is 1. The van der Waals surface area contributed by atoms with Crippen LogP contribution in [0.4, 0.5) is 0 Å². The molecule has 0 fully saturated rings. The molecule has 1 aromatic carbocycles. The highest BCUT2D eigenvalue weighted by atomic mass is 32.2. The van der Waals surface area contributed by atoms with Crippen LogP contribution in [-0.4, -0.2) is 77.3 Å². The number of methoxy groups -OCH3 is 2. The van der Waals surface area contributed by atoms with Crippen molar-refractivity contribution in [2.24, 2.45) is 0 Å². The maximum absolute atomic E-state index is 10.7. The fourth-order valence-corrected chi connectivity index (χ4v) is 2.97. The summed E-state index contributed by atoms with van der Waals surface area (Å²) in [5.41, 5.74) is 1.16. The molecule has 158 valence electrons. The average Bonchev–Trinajstić information content (AvgIpc) is 2.63. The molecule has 0 saturated heterocycles. The molecular formula is C16H29NO8S2. The number of hydrogen-bond donors (Lipinski definition) is 1. The second-order valence-electron chi connectivity index (χ2n) is 6.09. The fourth-order valence-electron chi connectivity index (χ4n) is 1.94. The molecule has 1 N–H and O–H groups in total. The van der Waals surface area contributed by atoms with Gasteiger partial charge in [0, 0.05) is 19.1 Å². The van der Waals surface area contributed by atoms with E-state index >= 15 is 0 Å². The van der Waals surface area contributed by atoms with Crippen LogP contribution >= 0.6 is 12.0 Å². The molecule has 27 heavy (non-hydrogen) atoms. The van der Waals surface area contributed by atoms with Crippen LogP contribution in [0.25, 0.3) is 0 Å². The van der Waals surface area contributed by atoms with Crippen LogP contribution < -0.4 is 5.26 Å². The van der Waals surface area contributed by atoms with E-state index in [1.165, 1.54) is 0 Å². The van der Waals surface area contributed by atoms with Crippen molar-refractivity contribution in [3.05, 3.63) is 29.8 Å². The minimum absolute atomic E-state index is 0.239. The van der Waals surface area contributed by atoms with Crippen LogP contribution in [0.3, 0.4) is 0 Å². The standard InChI is InChI=1S/C9H21NO5S.C7H8O3S/c1-10(4-7-14-2,5-8-15-3)6-9-16(11,12)13;1-6-2-4-7(5-3-6)11-10-9-8/h4-9H2,1-3H3;2-5,8H,1H3. The molecule has 0 heterocycles. The summed E-state index contributed by atoms with van der Waals surface area (Å²) in [7, 11) is 1.22. The summed E-state index contributed by atoms with van der Waals surface area (Å²) in [5, 5.41) is 12.6. The number of quaternary nitrogens is 1. The molecule has 9 nitrogen and oxygen atoms in total. The van der Waals surface area contributed by atoms with E-state index in [-0.39, 0.29) is 5.75 Å². The van der Waals surface area contributed by atoms with Crippen molar-refractivity contribution >= 4 is 22.2 Å². The summed E-state index contributed by atoms with van der Waals surface area (Å²) in [5.74, 6) is -0.239. The first kappa shape index (κ1) is 26.2. The lowest BCUT2D eigenvalue weighted by Crippen LogP contribution is -2.50. The maximum Gasteiger partial charge on any atom is 0.270 e. The molecule has 0 unspecified atom stereocenters. The molecule has 0 spiro atoms. The van der Waals surface area contributed by atoms with Gasteiger partial charge in [0.25, 0.3) is 10.1 Å². The van der Waals surface area contributed by atoms with Crippen molar-refractivity contribution in [3.63, 3.8) is 0 Å². The van der Waals surface area contributed by atoms with Crippen molar-refractivity contribution < 1.29 is 41.6 Å². The van der Waals surface area contributed by atoms with E-state index in [1.54, 1.807) is 14.2 Å². The second kappa shape index (κ2) is 14.3. The Morgan fingerprint density at radius 2 is 1.59 bits per heavy atom. The molecule has 0 aliphatic carbocycles. The number of nitrogens with zero attached hydrogens (tertiary/aromatic N) is 1. The largest absolute Gasteiger partial charge is 0.691 e. The quantitative estimate of drug-likeness (QED) is 0.170. The van der Waals surface area contributed by atoms with Gasteiger partial charge in [0.05, 0.1) is 38.8 Å². The highest BCUT2D eigenvalue weighted by Gasteiger charge is 2.23. The first-order valence-electron chi connectivity index (χ1n) is 8.12. The molecule has 0 atom stereocenters. The first-order valence-corrected chi connectivity index (χ1v) is 10.5. The third-order valence-electron chi connectivity index (χ3n) is 3.74. The van der Waals surface area contributed by atoms with E-state index in [0.29, 0.717) is 37.3 Å². The number of rotatable bonds is 12. The molecule has 0 aromatic heterocycles. The van der Waals surface area contributed by atoms with Gasteiger partial charge in [-0.3, -0.25) is 9.59 Å². The number of ether oxygens (including phenoxy) is 2. The number of hydrogen-bond acceptors (Lipinski definition) is 8. The molecule has 11 heteroatoms. The fraction of sp³-hybridized carbons (Fsp3) is 0.625. The number of likely N-dealkylation sites (N-methyl/N-ethyl adjacent to an activating group) is 1. The van der Waals surface area contributed by atoms with Gasteiger partial charge >= 0.3 is 0 Å². The van der Waals surface area contributed by atoms with Gasteiger partial charge in [0.2, 0.25) is 0 Å². The van der Waals surface area contributed by atoms with Crippen molar-refractivity contribution in [2.45, 2.75) is 11.8 Å². The highest BCUT2D eigenvalue weighted by molar-refractivity contribution is 7.94. The summed E-state index contributed by atoms with van der Waals surface area (Å²) >= 11 is 0.894. The van der Waals surface area contributed by atoms with Gasteiger partial charge in [0.1, 0.15) is 18.8 Å². The van der Waals surface area contributed by atoms with Crippen LogP contribution in [0.15, 0.2) is 29.2 Å². The Morgan fingerprint density at radius 1 is 1.07 bits per heavy atom. The summed E-state index contributed by atoms with van der Waals surface area (Å²) in [4.78, 5) is 0.839. The Labute approximate surface area is 165 Å². The Kier molecular flexibility index (Phi) is 13.9. The Balaban J connectivity index is 0.000000533. The lowest BCUT2D eigenvalue weighted by molar-refractivity contribution is -0.907. The van der Waals surface area contributed by atoms with Crippen molar-refractivity contribution in [1.29, 1.82) is 0 Å². The smallest absolute Gasteiger partial charge is 0.270 e. The van der Waals surface area contributed by atoms with Crippen LogP contribution in [0.1, 0.15) is 5.56 Å². The maximum atomic E-state index is 10.7. The zero-order valence-corrected chi connectivity index (χ0v) is 17.8. The summed E-state index contributed by atoms with van der Waals surface area (Å²) < 4.78 is 44.7. The summed E-state index contributed by atoms with van der Waals surface area (Å²) in [6.07, 6.45) is 0. The molecule has 1 rings (SSSR count). The summed E-state index contributed by atoms with van der Waals surface area (Å²) in [6, 6.07) is 7.55. The minimum atomic E-state index is -3.90. The molecule has 0 bridgehead atoms. The van der Waals surface area contributed by atoms with Gasteiger partial charge in [-0.15, -0.1) is 0 Å². The topological polar surface area (TPSA) is 114 Å². The van der Waals surface area contributed by atoms with Gasteiger partial charge in [-0.1, -0.05) is 17.7 Å². The lowest BCUT2D eigenvalue weighted by atomic mass is 10.2. The van der Waals surface area contributed by atoms with Gasteiger partial charge in [-0.2, -0.15) is 12.8 Å². The minimum Gasteiger partial charge on any atom is -0.691 e. The lowest BCUT2D eigenvalue weighted by Gasteiger charge is -2.33. The molecule has 1 aromatic rings. The van der Waals surface area contributed by atoms with Crippen LogP contribution in [0, 0.1) is 6.92 Å². The van der Waals surface area contributed by atoms with Gasteiger partial charge in [0.15, 0.2) is 0 Å². The van der Waals surface area contributed by atoms with E-state index in [4.69, 9.17) is 14.0 Å². The predicted octanol–water partition coefficient (Wildman–Crippen LogP) is 0.839. The molecule has 0 saturated carbocycles. The van der Waals surface area contributed by atoms with Crippen molar-refractivity contribution in [1.82, 2.24) is 0 Å². The van der Waals surface area contributed by atoms with E-state index < -0.39 is 10.1 Å². The number of aryl methyl sites for hydroxylation is 1. The summed E-state index contributed by atoms with van der Waals surface area (Å²) in [6.45, 7) is 4.81. The van der Waals surface area contributed by atoms with E-state index in [0.717, 1.165) is 22.5 Å². The molecule has 0 aliphatic rings. The van der Waals surface area contributed by atoms with E-state index in [1.807, 2.05) is 38.2 Å². The predicted molar refractivity (Wildman–Crippen MR) is 100 cm³/mol. The third kappa shape index (κ3) is 14.9. The molecule has 0 aliphatic heterocycles. The average molecular weight is 428 g/mol. The van der Waals surface area contributed by atoms with Crippen LogP contribution in [0.5, 0.6) is 0 Å². The normalized spacial score (nSPS) is 11.8. The highest BCUT2D eigenvalue weighted by Crippen LogP contribution is 2.18. The zero-order valence-electron chi connectivity index (χ0n) is 16.1. The SMILES string of the molecule is COCC[N+](C)(CCOC)CCS(=O)(=O)O.Cc1ccc(SOO[O-])cc1. The Bertz CT molecular complexity index is 587. The Hall–Kier alpha value is -0.760.